The summed E-state index contributed by atoms with van der Waals surface area (Å²) in [5.41, 5.74) is 3.48. The molecule has 1 aromatic rings. The first-order chi connectivity index (χ1) is 9.04. The molecule has 0 spiro atoms. The first-order valence-corrected chi connectivity index (χ1v) is 7.85. The number of nitrogens with one attached hydrogen (secondary N) is 1. The van der Waals surface area contributed by atoms with Crippen LogP contribution in [0, 0.1) is 5.41 Å². The molecule has 1 aliphatic carbocycles. The Kier molecular flexibility index (Phi) is 4.67. The number of hydrogen-bond donors (Lipinski definition) is 1. The maximum absolute atomic E-state index is 3.82. The molecule has 2 unspecified atom stereocenters. The number of benzene rings is 1. The molecule has 1 nitrogen and oxygen atoms in total. The number of fused-ring (bicyclic) bond motifs is 1. The molecule has 1 N–H and O–H groups in total. The largest absolute Gasteiger partial charge is 0.313 e. The predicted octanol–water partition coefficient (Wildman–Crippen LogP) is 4.52. The third-order valence-corrected chi connectivity index (χ3v) is 4.37. The summed E-state index contributed by atoms with van der Waals surface area (Å²) < 4.78 is 0. The lowest BCUT2D eigenvalue weighted by molar-refractivity contribution is 0.219. The van der Waals surface area contributed by atoms with Crippen molar-refractivity contribution >= 4 is 0 Å². The molecule has 106 valence electrons. The lowest BCUT2D eigenvalue weighted by Crippen LogP contribution is -2.46. The van der Waals surface area contributed by atoms with Crippen molar-refractivity contribution in [3.8, 4) is 0 Å². The van der Waals surface area contributed by atoms with E-state index in [0.717, 1.165) is 6.54 Å². The minimum Gasteiger partial charge on any atom is -0.313 e. The summed E-state index contributed by atoms with van der Waals surface area (Å²) >= 11 is 0. The molecule has 1 aliphatic rings. The molecule has 0 heterocycles. The van der Waals surface area contributed by atoms with Crippen molar-refractivity contribution in [2.45, 2.75) is 65.3 Å². The Morgan fingerprint density at radius 1 is 1.26 bits per heavy atom. The molecular formula is C18H29N. The maximum atomic E-state index is 3.82. The van der Waals surface area contributed by atoms with E-state index in [4.69, 9.17) is 0 Å². The summed E-state index contributed by atoms with van der Waals surface area (Å²) in [5.74, 6) is 0.677. The Balaban J connectivity index is 2.27. The van der Waals surface area contributed by atoms with E-state index in [2.05, 4.69) is 57.3 Å². The van der Waals surface area contributed by atoms with Gasteiger partial charge in [-0.25, -0.2) is 0 Å². The van der Waals surface area contributed by atoms with Crippen LogP contribution >= 0.6 is 0 Å². The molecule has 19 heavy (non-hydrogen) atoms. The summed E-state index contributed by atoms with van der Waals surface area (Å²) in [6, 6.07) is 9.64. The fourth-order valence-electron chi connectivity index (χ4n) is 3.49. The van der Waals surface area contributed by atoms with E-state index in [1.807, 2.05) is 0 Å². The Labute approximate surface area is 118 Å². The summed E-state index contributed by atoms with van der Waals surface area (Å²) in [7, 11) is 0. The fraction of sp³-hybridized carbons (Fsp3) is 0.667. The molecule has 0 amide bonds. The summed E-state index contributed by atoms with van der Waals surface area (Å²) in [6.07, 6.45) is 5.13. The average Bonchev–Trinajstić information content (AvgIpc) is 2.38. The molecule has 1 heteroatoms. The Morgan fingerprint density at radius 3 is 2.68 bits per heavy atom. The monoisotopic (exact) mass is 259 g/mol. The second-order valence-electron chi connectivity index (χ2n) is 7.00. The first-order valence-electron chi connectivity index (χ1n) is 7.85. The van der Waals surface area contributed by atoms with Gasteiger partial charge < -0.3 is 5.32 Å². The Hall–Kier alpha value is -0.820. The predicted molar refractivity (Wildman–Crippen MR) is 83.7 cm³/mol. The number of rotatable bonds is 4. The van der Waals surface area contributed by atoms with Crippen molar-refractivity contribution < 1.29 is 0 Å². The minimum absolute atomic E-state index is 0.310. The van der Waals surface area contributed by atoms with Crippen molar-refractivity contribution in [1.82, 2.24) is 5.32 Å². The summed E-state index contributed by atoms with van der Waals surface area (Å²) in [5, 5.41) is 3.82. The molecule has 0 fully saturated rings. The van der Waals surface area contributed by atoms with Crippen molar-refractivity contribution in [2.24, 2.45) is 5.41 Å². The van der Waals surface area contributed by atoms with Gasteiger partial charge in [0.2, 0.25) is 0 Å². The quantitative estimate of drug-likeness (QED) is 0.838. The van der Waals surface area contributed by atoms with Crippen LogP contribution in [0.2, 0.25) is 0 Å². The highest BCUT2D eigenvalue weighted by molar-refractivity contribution is 5.34. The average molecular weight is 259 g/mol. The number of aryl methyl sites for hydroxylation is 1. The molecule has 2 atom stereocenters. The SMILES string of the molecule is CCCNC(C1CCCc2ccccc21)C(C)(C)C. The van der Waals surface area contributed by atoms with E-state index >= 15 is 0 Å². The lowest BCUT2D eigenvalue weighted by atomic mass is 9.70. The highest BCUT2D eigenvalue weighted by Gasteiger charge is 2.34. The zero-order valence-corrected chi connectivity index (χ0v) is 13.0. The van der Waals surface area contributed by atoms with Crippen LogP contribution in [0.3, 0.4) is 0 Å². The van der Waals surface area contributed by atoms with Crippen LogP contribution in [0.1, 0.15) is 64.0 Å². The fourth-order valence-corrected chi connectivity index (χ4v) is 3.49. The van der Waals surface area contributed by atoms with E-state index < -0.39 is 0 Å². The number of hydrogen-bond acceptors (Lipinski definition) is 1. The molecule has 0 saturated heterocycles. The van der Waals surface area contributed by atoms with Gasteiger partial charge in [0.25, 0.3) is 0 Å². The van der Waals surface area contributed by atoms with E-state index in [1.165, 1.54) is 25.7 Å². The van der Waals surface area contributed by atoms with E-state index in [0.29, 0.717) is 17.4 Å². The maximum Gasteiger partial charge on any atom is 0.0184 e. The van der Waals surface area contributed by atoms with Gasteiger partial charge in [0, 0.05) is 12.0 Å². The molecule has 1 aromatic carbocycles. The molecule has 0 saturated carbocycles. The summed E-state index contributed by atoms with van der Waals surface area (Å²) in [4.78, 5) is 0. The van der Waals surface area contributed by atoms with Gasteiger partial charge in [-0.05, 0) is 48.8 Å². The lowest BCUT2D eigenvalue weighted by Gasteiger charge is -2.41. The minimum atomic E-state index is 0.310. The van der Waals surface area contributed by atoms with Crippen LogP contribution in [-0.4, -0.2) is 12.6 Å². The van der Waals surface area contributed by atoms with Gasteiger partial charge in [-0.1, -0.05) is 52.0 Å². The first kappa shape index (κ1) is 14.6. The van der Waals surface area contributed by atoms with Crippen LogP contribution in [-0.2, 0) is 6.42 Å². The Morgan fingerprint density at radius 2 is 2.00 bits per heavy atom. The van der Waals surface area contributed by atoms with Gasteiger partial charge >= 0.3 is 0 Å². The van der Waals surface area contributed by atoms with Gasteiger partial charge in [0.15, 0.2) is 0 Å². The highest BCUT2D eigenvalue weighted by Crippen LogP contribution is 2.39. The second kappa shape index (κ2) is 6.09. The van der Waals surface area contributed by atoms with Gasteiger partial charge in [0.05, 0.1) is 0 Å². The Bertz CT molecular complexity index is 402. The van der Waals surface area contributed by atoms with Crippen molar-refractivity contribution in [3.05, 3.63) is 35.4 Å². The van der Waals surface area contributed by atoms with Crippen LogP contribution in [0.5, 0.6) is 0 Å². The van der Waals surface area contributed by atoms with Crippen LogP contribution in [0.15, 0.2) is 24.3 Å². The molecule has 0 aromatic heterocycles. The zero-order valence-electron chi connectivity index (χ0n) is 13.0. The van der Waals surface area contributed by atoms with Crippen molar-refractivity contribution in [1.29, 1.82) is 0 Å². The normalized spacial score (nSPS) is 20.9. The van der Waals surface area contributed by atoms with Gasteiger partial charge in [-0.2, -0.15) is 0 Å². The van der Waals surface area contributed by atoms with Gasteiger partial charge in [-0.15, -0.1) is 0 Å². The molecular weight excluding hydrogens is 230 g/mol. The smallest absolute Gasteiger partial charge is 0.0184 e. The zero-order chi connectivity index (χ0) is 13.9. The molecule has 0 bridgehead atoms. The van der Waals surface area contributed by atoms with Crippen molar-refractivity contribution in [3.63, 3.8) is 0 Å². The summed E-state index contributed by atoms with van der Waals surface area (Å²) in [6.45, 7) is 10.5. The highest BCUT2D eigenvalue weighted by atomic mass is 14.9. The second-order valence-corrected chi connectivity index (χ2v) is 7.00. The third kappa shape index (κ3) is 3.39. The molecule has 2 rings (SSSR count). The van der Waals surface area contributed by atoms with Crippen LogP contribution in [0.25, 0.3) is 0 Å². The van der Waals surface area contributed by atoms with Crippen LogP contribution < -0.4 is 5.32 Å². The van der Waals surface area contributed by atoms with Gasteiger partial charge in [-0.3, -0.25) is 0 Å². The van der Waals surface area contributed by atoms with E-state index in [9.17, 15) is 0 Å². The molecule has 0 radical (unpaired) electrons. The van der Waals surface area contributed by atoms with Crippen LogP contribution in [0.4, 0.5) is 0 Å². The third-order valence-electron chi connectivity index (χ3n) is 4.37. The molecule has 0 aliphatic heterocycles. The van der Waals surface area contributed by atoms with E-state index in [1.54, 1.807) is 11.1 Å². The standard InChI is InChI=1S/C18H29N/c1-5-13-19-17(18(2,3)4)16-12-8-10-14-9-6-7-11-15(14)16/h6-7,9,11,16-17,19H,5,8,10,12-13H2,1-4H3. The van der Waals surface area contributed by atoms with E-state index in [-0.39, 0.29) is 0 Å². The topological polar surface area (TPSA) is 12.0 Å². The van der Waals surface area contributed by atoms with Crippen molar-refractivity contribution in [2.75, 3.05) is 6.54 Å². The van der Waals surface area contributed by atoms with Gasteiger partial charge in [0.1, 0.15) is 0 Å².